The van der Waals surface area contributed by atoms with Gasteiger partial charge in [0.15, 0.2) is 6.10 Å². The summed E-state index contributed by atoms with van der Waals surface area (Å²) in [5.74, 6) is -1.09. The van der Waals surface area contributed by atoms with Crippen LogP contribution in [-0.2, 0) is 28.6 Å². The third-order valence-electron chi connectivity index (χ3n) is 9.53. The largest absolute Gasteiger partial charge is 0.462 e. The lowest BCUT2D eigenvalue weighted by atomic mass is 10.1. The van der Waals surface area contributed by atoms with Gasteiger partial charge in [0.2, 0.25) is 0 Å². The van der Waals surface area contributed by atoms with E-state index in [2.05, 4.69) is 118 Å². The zero-order valence-corrected chi connectivity index (χ0v) is 38.4. The molecule has 6 nitrogen and oxygen atoms in total. The molecule has 6 heteroatoms. The Morgan fingerprint density at radius 1 is 0.367 bits per heavy atom. The van der Waals surface area contributed by atoms with Crippen molar-refractivity contribution in [1.29, 1.82) is 0 Å². The number of allylic oxidation sites excluding steroid dienone is 17. The van der Waals surface area contributed by atoms with Crippen molar-refractivity contribution in [3.63, 3.8) is 0 Å². The lowest BCUT2D eigenvalue weighted by Gasteiger charge is -2.18. The second-order valence-electron chi connectivity index (χ2n) is 15.3. The van der Waals surface area contributed by atoms with Crippen LogP contribution in [0.25, 0.3) is 0 Å². The Balaban J connectivity index is 4.57. The molecule has 0 saturated heterocycles. The molecule has 60 heavy (non-hydrogen) atoms. The van der Waals surface area contributed by atoms with E-state index in [0.717, 1.165) is 122 Å². The standard InChI is InChI=1S/C54H86O6/c1-4-7-10-13-16-19-22-25-27-29-32-35-38-41-44-47-53(56)59-50-51(49-58-52(55)46-43-40-37-34-31-24-21-18-15-12-9-6-3)60-54(57)48-45-42-39-36-33-30-28-26-23-20-17-14-11-8-5-2/h7-8,10-11,16-21,25-28,32,35,41,44,51H,4-6,9,12-15,22-24,29-31,33-34,36-40,42-43,45-50H2,1-3H3/b10-7-,11-8-,19-16-,20-17-,21-18-,27-25-,28-26-,35-32-,44-41-. The Morgan fingerprint density at radius 2 is 0.717 bits per heavy atom. The van der Waals surface area contributed by atoms with Gasteiger partial charge in [0.05, 0.1) is 6.42 Å². The maximum Gasteiger partial charge on any atom is 0.309 e. The van der Waals surface area contributed by atoms with Gasteiger partial charge in [-0.2, -0.15) is 0 Å². The molecule has 0 N–H and O–H groups in total. The smallest absolute Gasteiger partial charge is 0.309 e. The number of esters is 3. The SMILES string of the molecule is CC/C=C\C/C=C\C/C=C\C/C=C\C/C=C\CC(=O)OCC(COC(=O)CCCCCCC/C=C\CCCCC)OC(=O)CCCCCCC/C=C\C/C=C\C/C=C\CC. The summed E-state index contributed by atoms with van der Waals surface area (Å²) in [5.41, 5.74) is 0. The van der Waals surface area contributed by atoms with Gasteiger partial charge in [-0.15, -0.1) is 0 Å². The third-order valence-corrected chi connectivity index (χ3v) is 9.53. The highest BCUT2D eigenvalue weighted by molar-refractivity contribution is 5.72. The topological polar surface area (TPSA) is 78.9 Å². The van der Waals surface area contributed by atoms with Gasteiger partial charge in [0.1, 0.15) is 13.2 Å². The Bertz CT molecular complexity index is 1280. The molecule has 0 fully saturated rings. The molecule has 0 aliphatic rings. The zero-order chi connectivity index (χ0) is 43.7. The van der Waals surface area contributed by atoms with E-state index in [1.165, 1.54) is 32.1 Å². The van der Waals surface area contributed by atoms with Crippen LogP contribution in [0.4, 0.5) is 0 Å². The molecule has 0 saturated carbocycles. The minimum atomic E-state index is -0.830. The molecule has 0 spiro atoms. The fourth-order valence-corrected chi connectivity index (χ4v) is 5.99. The number of hydrogen-bond donors (Lipinski definition) is 0. The first-order valence-electron chi connectivity index (χ1n) is 23.9. The average molecular weight is 831 g/mol. The number of carbonyl (C=O) groups is 3. The number of carbonyl (C=O) groups excluding carboxylic acids is 3. The number of rotatable bonds is 41. The number of unbranched alkanes of at least 4 members (excludes halogenated alkanes) is 13. The van der Waals surface area contributed by atoms with Crippen LogP contribution in [0, 0.1) is 0 Å². The molecule has 0 aromatic heterocycles. The fraction of sp³-hybridized carbons (Fsp3) is 0.611. The third kappa shape index (κ3) is 45.2. The van der Waals surface area contributed by atoms with E-state index in [4.69, 9.17) is 14.2 Å². The zero-order valence-electron chi connectivity index (χ0n) is 38.4. The Hall–Kier alpha value is -3.93. The minimum Gasteiger partial charge on any atom is -0.462 e. The molecule has 338 valence electrons. The Labute approximate surface area is 368 Å². The van der Waals surface area contributed by atoms with E-state index in [9.17, 15) is 14.4 Å². The van der Waals surface area contributed by atoms with Gasteiger partial charge in [0, 0.05) is 12.8 Å². The van der Waals surface area contributed by atoms with Crippen molar-refractivity contribution in [3.05, 3.63) is 109 Å². The molecule has 0 aliphatic carbocycles. The van der Waals surface area contributed by atoms with Gasteiger partial charge in [-0.25, -0.2) is 0 Å². The molecule has 0 aromatic rings. The van der Waals surface area contributed by atoms with Crippen LogP contribution in [0.15, 0.2) is 109 Å². The summed E-state index contributed by atoms with van der Waals surface area (Å²) in [7, 11) is 0. The second-order valence-corrected chi connectivity index (χ2v) is 15.3. The van der Waals surface area contributed by atoms with Crippen LogP contribution in [0.5, 0.6) is 0 Å². The lowest BCUT2D eigenvalue weighted by molar-refractivity contribution is -0.166. The van der Waals surface area contributed by atoms with E-state index in [-0.39, 0.29) is 38.0 Å². The normalized spacial score (nSPS) is 13.1. The summed E-state index contributed by atoms with van der Waals surface area (Å²) in [6, 6.07) is 0. The maximum atomic E-state index is 12.8. The van der Waals surface area contributed by atoms with E-state index in [1.54, 1.807) is 6.08 Å². The van der Waals surface area contributed by atoms with Gasteiger partial charge >= 0.3 is 17.9 Å². The van der Waals surface area contributed by atoms with E-state index in [0.29, 0.717) is 6.42 Å². The molecular weight excluding hydrogens is 745 g/mol. The van der Waals surface area contributed by atoms with Gasteiger partial charge < -0.3 is 14.2 Å². The molecule has 0 heterocycles. The molecule has 0 aliphatic heterocycles. The predicted molar refractivity (Wildman–Crippen MR) is 256 cm³/mol. The molecule has 0 aromatic carbocycles. The maximum absolute atomic E-state index is 12.8. The fourth-order valence-electron chi connectivity index (χ4n) is 5.99. The quantitative estimate of drug-likeness (QED) is 0.0264. The van der Waals surface area contributed by atoms with Crippen LogP contribution in [0.2, 0.25) is 0 Å². The molecule has 1 atom stereocenters. The first-order valence-corrected chi connectivity index (χ1v) is 23.9. The summed E-state index contributed by atoms with van der Waals surface area (Å²) in [6.07, 6.45) is 63.8. The van der Waals surface area contributed by atoms with Crippen LogP contribution in [0.1, 0.15) is 194 Å². The Morgan fingerprint density at radius 3 is 1.18 bits per heavy atom. The number of ether oxygens (including phenoxy) is 3. The van der Waals surface area contributed by atoms with Crippen molar-refractivity contribution in [2.75, 3.05) is 13.2 Å². The summed E-state index contributed by atoms with van der Waals surface area (Å²) >= 11 is 0. The van der Waals surface area contributed by atoms with E-state index < -0.39 is 12.1 Å². The molecular formula is C54H86O6. The van der Waals surface area contributed by atoms with Crippen molar-refractivity contribution in [1.82, 2.24) is 0 Å². The highest BCUT2D eigenvalue weighted by Gasteiger charge is 2.19. The van der Waals surface area contributed by atoms with E-state index in [1.807, 2.05) is 6.08 Å². The Kier molecular flexibility index (Phi) is 44.6. The lowest BCUT2D eigenvalue weighted by Crippen LogP contribution is -2.30. The molecule has 0 bridgehead atoms. The summed E-state index contributed by atoms with van der Waals surface area (Å²) < 4.78 is 16.6. The first-order chi connectivity index (χ1) is 29.5. The minimum absolute atomic E-state index is 0.118. The molecule has 1 unspecified atom stereocenters. The number of hydrogen-bond acceptors (Lipinski definition) is 6. The van der Waals surface area contributed by atoms with Crippen molar-refractivity contribution in [2.24, 2.45) is 0 Å². The van der Waals surface area contributed by atoms with Crippen LogP contribution in [-0.4, -0.2) is 37.2 Å². The molecule has 0 radical (unpaired) electrons. The van der Waals surface area contributed by atoms with Crippen molar-refractivity contribution in [2.45, 2.75) is 200 Å². The summed E-state index contributed by atoms with van der Waals surface area (Å²) in [5, 5.41) is 0. The monoisotopic (exact) mass is 831 g/mol. The predicted octanol–water partition coefficient (Wildman–Crippen LogP) is 15.6. The second kappa shape index (κ2) is 47.7. The van der Waals surface area contributed by atoms with Crippen LogP contribution in [0.3, 0.4) is 0 Å². The van der Waals surface area contributed by atoms with Crippen LogP contribution >= 0.6 is 0 Å². The summed E-state index contributed by atoms with van der Waals surface area (Å²) in [4.78, 5) is 37.8. The van der Waals surface area contributed by atoms with Gasteiger partial charge in [-0.3, -0.25) is 14.4 Å². The van der Waals surface area contributed by atoms with Gasteiger partial charge in [-0.1, -0.05) is 182 Å². The van der Waals surface area contributed by atoms with Gasteiger partial charge in [-0.05, 0) is 103 Å². The summed E-state index contributed by atoms with van der Waals surface area (Å²) in [6.45, 7) is 6.25. The molecule has 0 amide bonds. The van der Waals surface area contributed by atoms with Crippen LogP contribution < -0.4 is 0 Å². The highest BCUT2D eigenvalue weighted by Crippen LogP contribution is 2.12. The van der Waals surface area contributed by atoms with Crippen molar-refractivity contribution >= 4 is 17.9 Å². The van der Waals surface area contributed by atoms with Gasteiger partial charge in [0.25, 0.3) is 0 Å². The van der Waals surface area contributed by atoms with Crippen molar-refractivity contribution in [3.8, 4) is 0 Å². The van der Waals surface area contributed by atoms with E-state index >= 15 is 0 Å². The first kappa shape index (κ1) is 56.1. The van der Waals surface area contributed by atoms with Crippen molar-refractivity contribution < 1.29 is 28.6 Å². The molecule has 0 rings (SSSR count). The average Bonchev–Trinajstić information content (AvgIpc) is 3.24. The highest BCUT2D eigenvalue weighted by atomic mass is 16.6.